The zero-order chi connectivity index (χ0) is 27.6. The van der Waals surface area contributed by atoms with Gasteiger partial charge >= 0.3 is 5.69 Å². The van der Waals surface area contributed by atoms with Crippen LogP contribution in [0.5, 0.6) is 0 Å². The highest BCUT2D eigenvalue weighted by molar-refractivity contribution is 6.02. The molecule has 7 N–H and O–H groups in total. The number of rotatable bonds is 8. The van der Waals surface area contributed by atoms with Crippen molar-refractivity contribution in [3.05, 3.63) is 75.3 Å². The number of nitrogens with zero attached hydrogens (tertiary/aromatic N) is 1. The average molecular weight is 534 g/mol. The molecule has 2 amide bonds. The maximum atomic E-state index is 12.7. The number of anilines is 1. The van der Waals surface area contributed by atoms with Crippen LogP contribution in [0.25, 0.3) is 0 Å². The Bertz CT molecular complexity index is 1310. The van der Waals surface area contributed by atoms with Crippen molar-refractivity contribution in [3.8, 4) is 0 Å². The van der Waals surface area contributed by atoms with Crippen LogP contribution in [0.15, 0.2) is 64.0 Å². The number of aromatic amines is 1. The van der Waals surface area contributed by atoms with E-state index in [1.54, 1.807) is 30.3 Å². The van der Waals surface area contributed by atoms with Crippen LogP contribution >= 0.6 is 0 Å². The van der Waals surface area contributed by atoms with Crippen molar-refractivity contribution in [1.29, 1.82) is 0 Å². The highest BCUT2D eigenvalue weighted by atomic mass is 16.7. The molecule has 15 nitrogen and oxygen atoms in total. The fourth-order valence-electron chi connectivity index (χ4n) is 4.10. The molecule has 1 saturated heterocycles. The predicted octanol–water partition coefficient (Wildman–Crippen LogP) is -2.72. The number of primary amides is 1. The molecule has 2 aromatic rings. The molecule has 0 bridgehead atoms. The van der Waals surface area contributed by atoms with E-state index in [9.17, 15) is 34.5 Å². The number of aliphatic hydroxyl groups excluding tert-OH is 3. The lowest BCUT2D eigenvalue weighted by atomic mass is 10.0. The summed E-state index contributed by atoms with van der Waals surface area (Å²) in [5.41, 5.74) is 4.36. The number of hydrogen-bond acceptors (Lipinski definition) is 11. The highest BCUT2D eigenvalue weighted by Crippen LogP contribution is 2.34. The van der Waals surface area contributed by atoms with Gasteiger partial charge in [0.1, 0.15) is 30.5 Å². The monoisotopic (exact) mass is 534 g/mol. The van der Waals surface area contributed by atoms with Gasteiger partial charge in [-0.1, -0.05) is 18.2 Å². The summed E-state index contributed by atoms with van der Waals surface area (Å²) in [5, 5.41) is 34.0. The standard InChI is InChI=1S/C23H26N4O11/c1-35-16-15(31)21(27-8-7-13(29)26-23(27)34)37-17(16)18(19(24)32)38-22-14(30)11(28)9-12(36-22)20(33)25-10-5-3-2-4-6-10/h2-9,11,14-18,21-22,28,30-31H,1H3,(H2,24,32)(H,25,33)(H,26,29,34)/t11-,14-,15+,16-,17-,18?,21+,22+/m0/s1. The van der Waals surface area contributed by atoms with Crippen molar-refractivity contribution < 1.29 is 43.9 Å². The first-order valence-corrected chi connectivity index (χ1v) is 11.3. The minimum Gasteiger partial charge on any atom is -0.456 e. The van der Waals surface area contributed by atoms with Crippen LogP contribution in [-0.4, -0.2) is 86.7 Å². The molecule has 1 fully saturated rings. The summed E-state index contributed by atoms with van der Waals surface area (Å²) in [6.45, 7) is 0. The van der Waals surface area contributed by atoms with Crippen molar-refractivity contribution >= 4 is 17.5 Å². The number of hydrogen-bond donors (Lipinski definition) is 6. The molecule has 1 aromatic heterocycles. The number of carbonyl (C=O) groups excluding carboxylic acids is 2. The summed E-state index contributed by atoms with van der Waals surface area (Å²) >= 11 is 0. The molecule has 0 radical (unpaired) electrons. The molecule has 0 saturated carbocycles. The Labute approximate surface area is 214 Å². The molecule has 1 aromatic carbocycles. The van der Waals surface area contributed by atoms with Gasteiger partial charge in [-0.05, 0) is 18.2 Å². The summed E-state index contributed by atoms with van der Waals surface area (Å²) in [6.07, 6.45) is -10.6. The van der Waals surface area contributed by atoms with Crippen molar-refractivity contribution in [2.24, 2.45) is 5.73 Å². The van der Waals surface area contributed by atoms with Gasteiger partial charge in [-0.2, -0.15) is 0 Å². The molecule has 38 heavy (non-hydrogen) atoms. The molecule has 3 heterocycles. The maximum absolute atomic E-state index is 12.7. The largest absolute Gasteiger partial charge is 0.456 e. The Kier molecular flexibility index (Phi) is 8.05. The lowest BCUT2D eigenvalue weighted by molar-refractivity contribution is -0.241. The number of benzene rings is 1. The molecule has 2 aliphatic heterocycles. The van der Waals surface area contributed by atoms with Crippen molar-refractivity contribution in [1.82, 2.24) is 9.55 Å². The molecule has 15 heteroatoms. The first-order valence-electron chi connectivity index (χ1n) is 11.3. The summed E-state index contributed by atoms with van der Waals surface area (Å²) < 4.78 is 22.9. The lowest BCUT2D eigenvalue weighted by Gasteiger charge is -2.35. The average Bonchev–Trinajstić information content (AvgIpc) is 3.20. The summed E-state index contributed by atoms with van der Waals surface area (Å²) in [5.74, 6) is -2.31. The van der Waals surface area contributed by atoms with E-state index in [-0.39, 0.29) is 0 Å². The zero-order valence-electron chi connectivity index (χ0n) is 19.9. The van der Waals surface area contributed by atoms with E-state index >= 15 is 0 Å². The fourth-order valence-corrected chi connectivity index (χ4v) is 4.10. The van der Waals surface area contributed by atoms with Crippen LogP contribution in [0, 0.1) is 0 Å². The molecular weight excluding hydrogens is 508 g/mol. The van der Waals surface area contributed by atoms with Crippen LogP contribution < -0.4 is 22.3 Å². The van der Waals surface area contributed by atoms with Gasteiger partial charge in [-0.15, -0.1) is 0 Å². The third-order valence-corrected chi connectivity index (χ3v) is 5.96. The second-order valence-corrected chi connectivity index (χ2v) is 8.48. The minimum atomic E-state index is -1.78. The van der Waals surface area contributed by atoms with Crippen molar-refractivity contribution in [2.45, 2.75) is 49.1 Å². The van der Waals surface area contributed by atoms with Crippen molar-refractivity contribution in [2.75, 3.05) is 12.4 Å². The Hall–Kier alpha value is -3.86. The molecule has 4 rings (SSSR count). The maximum Gasteiger partial charge on any atom is 0.330 e. The number of H-pyrrole nitrogens is 1. The van der Waals surface area contributed by atoms with E-state index in [2.05, 4.69) is 5.32 Å². The van der Waals surface area contributed by atoms with Crippen LogP contribution in [0.1, 0.15) is 6.23 Å². The normalized spacial score (nSPS) is 29.7. The number of aromatic nitrogens is 2. The van der Waals surface area contributed by atoms with E-state index in [1.165, 1.54) is 7.11 Å². The Morgan fingerprint density at radius 2 is 1.84 bits per heavy atom. The van der Waals surface area contributed by atoms with E-state index in [4.69, 9.17) is 24.7 Å². The van der Waals surface area contributed by atoms with E-state index in [1.807, 2.05) is 4.98 Å². The molecule has 0 aliphatic carbocycles. The number of amides is 2. The van der Waals surface area contributed by atoms with Crippen LogP contribution in [0.4, 0.5) is 5.69 Å². The van der Waals surface area contributed by atoms with E-state index < -0.39 is 78.0 Å². The van der Waals surface area contributed by atoms with Gasteiger partial charge in [-0.25, -0.2) is 4.79 Å². The lowest BCUT2D eigenvalue weighted by Crippen LogP contribution is -2.53. The first-order chi connectivity index (χ1) is 18.1. The minimum absolute atomic E-state index is 0.409. The summed E-state index contributed by atoms with van der Waals surface area (Å²) in [6, 6.07) is 9.36. The quantitative estimate of drug-likeness (QED) is 0.204. The van der Waals surface area contributed by atoms with Crippen molar-refractivity contribution in [3.63, 3.8) is 0 Å². The van der Waals surface area contributed by atoms with Gasteiger partial charge in [0.15, 0.2) is 18.1 Å². The predicted molar refractivity (Wildman–Crippen MR) is 126 cm³/mol. The molecule has 1 unspecified atom stereocenters. The van der Waals surface area contributed by atoms with Gasteiger partial charge in [0, 0.05) is 25.1 Å². The van der Waals surface area contributed by atoms with Crippen LogP contribution in [0.3, 0.4) is 0 Å². The molecule has 204 valence electrons. The Morgan fingerprint density at radius 1 is 1.13 bits per heavy atom. The number of carbonyl (C=O) groups is 2. The summed E-state index contributed by atoms with van der Waals surface area (Å²) in [4.78, 5) is 50.7. The third-order valence-electron chi connectivity index (χ3n) is 5.96. The number of ether oxygens (including phenoxy) is 4. The van der Waals surface area contributed by atoms with Crippen LogP contribution in [0.2, 0.25) is 0 Å². The number of para-hydroxylation sites is 1. The Balaban J connectivity index is 1.55. The van der Waals surface area contributed by atoms with E-state index in [0.29, 0.717) is 5.69 Å². The van der Waals surface area contributed by atoms with Crippen LogP contribution in [-0.2, 0) is 28.5 Å². The Morgan fingerprint density at radius 3 is 2.47 bits per heavy atom. The molecule has 2 aliphatic rings. The number of methoxy groups -OCH3 is 1. The molecular formula is C23H26N4O11. The van der Waals surface area contributed by atoms with E-state index in [0.717, 1.165) is 22.9 Å². The second kappa shape index (κ2) is 11.3. The van der Waals surface area contributed by atoms with Gasteiger partial charge in [-0.3, -0.25) is 23.9 Å². The number of aliphatic hydroxyl groups is 3. The topological polar surface area (TPSA) is 225 Å². The van der Waals surface area contributed by atoms with Gasteiger partial charge in [0.25, 0.3) is 11.5 Å². The molecule has 0 spiro atoms. The van der Waals surface area contributed by atoms with Gasteiger partial charge < -0.3 is 45.3 Å². The van der Waals surface area contributed by atoms with Gasteiger partial charge in [0.05, 0.1) is 0 Å². The third kappa shape index (κ3) is 5.52. The number of nitrogens with one attached hydrogen (secondary N) is 2. The first kappa shape index (κ1) is 27.2. The SMILES string of the molecule is CO[C@H]1[C@@H](O)[C@H](n2ccc(=O)[nH]c2=O)O[C@@H]1C(O[C@H]1OC(C(=O)Nc2ccccc2)=C[C@H](O)[C@@H]1O)C(N)=O. The van der Waals surface area contributed by atoms with Gasteiger partial charge in [0.2, 0.25) is 12.2 Å². The summed E-state index contributed by atoms with van der Waals surface area (Å²) in [7, 11) is 1.20. The zero-order valence-corrected chi connectivity index (χ0v) is 19.9. The second-order valence-electron chi connectivity index (χ2n) is 8.48. The highest BCUT2D eigenvalue weighted by Gasteiger charge is 2.52. The number of nitrogens with two attached hydrogens (primary N) is 1. The fraction of sp³-hybridized carbons (Fsp3) is 0.391. The smallest absolute Gasteiger partial charge is 0.330 e. The molecule has 8 atom stereocenters.